The molecule has 1 fully saturated rings. The van der Waals surface area contributed by atoms with E-state index in [1.807, 2.05) is 17.5 Å². The first kappa shape index (κ1) is 10.8. The van der Waals surface area contributed by atoms with Crippen LogP contribution >= 0.6 is 11.3 Å². The Morgan fingerprint density at radius 3 is 3.27 bits per heavy atom. The van der Waals surface area contributed by atoms with Gasteiger partial charge in [-0.25, -0.2) is 0 Å². The SMILES string of the molecule is O=C(Cc1cccs1)CC1CNCCO1. The van der Waals surface area contributed by atoms with Crippen LogP contribution in [-0.2, 0) is 16.0 Å². The molecular formula is C11H15NO2S. The van der Waals surface area contributed by atoms with Gasteiger partial charge in [-0.05, 0) is 11.4 Å². The fourth-order valence-corrected chi connectivity index (χ4v) is 2.42. The highest BCUT2D eigenvalue weighted by molar-refractivity contribution is 7.10. The summed E-state index contributed by atoms with van der Waals surface area (Å²) >= 11 is 1.64. The molecule has 0 aliphatic carbocycles. The van der Waals surface area contributed by atoms with Crippen LogP contribution in [0.4, 0.5) is 0 Å². The van der Waals surface area contributed by atoms with Crippen molar-refractivity contribution in [2.75, 3.05) is 19.7 Å². The van der Waals surface area contributed by atoms with Crippen LogP contribution in [0.5, 0.6) is 0 Å². The predicted octanol–water partition coefficient (Wildman–Crippen LogP) is 1.24. The second kappa shape index (κ2) is 5.39. The second-order valence-electron chi connectivity index (χ2n) is 3.70. The molecule has 1 aromatic rings. The molecule has 1 saturated heterocycles. The van der Waals surface area contributed by atoms with Crippen molar-refractivity contribution >= 4 is 17.1 Å². The first-order valence-electron chi connectivity index (χ1n) is 5.21. The molecule has 2 heterocycles. The molecule has 0 bridgehead atoms. The Morgan fingerprint density at radius 1 is 1.67 bits per heavy atom. The van der Waals surface area contributed by atoms with Gasteiger partial charge in [-0.15, -0.1) is 11.3 Å². The summed E-state index contributed by atoms with van der Waals surface area (Å²) in [6.07, 6.45) is 1.16. The Morgan fingerprint density at radius 2 is 2.60 bits per heavy atom. The van der Waals surface area contributed by atoms with Crippen molar-refractivity contribution in [3.8, 4) is 0 Å². The molecule has 1 aliphatic rings. The molecule has 1 unspecified atom stereocenters. The van der Waals surface area contributed by atoms with Gasteiger partial charge in [-0.1, -0.05) is 6.07 Å². The van der Waals surface area contributed by atoms with Crippen molar-refractivity contribution < 1.29 is 9.53 Å². The minimum atomic E-state index is 0.0752. The number of rotatable bonds is 4. The molecule has 0 radical (unpaired) electrons. The van der Waals surface area contributed by atoms with Crippen LogP contribution < -0.4 is 5.32 Å². The van der Waals surface area contributed by atoms with E-state index in [0.717, 1.165) is 24.6 Å². The summed E-state index contributed by atoms with van der Waals surface area (Å²) in [4.78, 5) is 12.8. The normalized spacial score (nSPS) is 21.5. The summed E-state index contributed by atoms with van der Waals surface area (Å²) in [5.41, 5.74) is 0. The van der Waals surface area contributed by atoms with E-state index in [2.05, 4.69) is 5.32 Å². The zero-order valence-corrected chi connectivity index (χ0v) is 9.39. The Kier molecular flexibility index (Phi) is 3.88. The molecule has 3 nitrogen and oxygen atoms in total. The third-order valence-electron chi connectivity index (χ3n) is 2.41. The molecule has 2 rings (SSSR count). The number of hydrogen-bond acceptors (Lipinski definition) is 4. The number of nitrogens with one attached hydrogen (secondary N) is 1. The average molecular weight is 225 g/mol. The summed E-state index contributed by atoms with van der Waals surface area (Å²) in [6.45, 7) is 2.42. The lowest BCUT2D eigenvalue weighted by molar-refractivity contribution is -0.121. The van der Waals surface area contributed by atoms with Crippen LogP contribution in [0, 0.1) is 0 Å². The third kappa shape index (κ3) is 3.41. The van der Waals surface area contributed by atoms with Crippen LogP contribution in [0.3, 0.4) is 0 Å². The molecular weight excluding hydrogens is 210 g/mol. The molecule has 15 heavy (non-hydrogen) atoms. The molecule has 1 N–H and O–H groups in total. The molecule has 0 spiro atoms. The minimum Gasteiger partial charge on any atom is -0.375 e. The van der Waals surface area contributed by atoms with Gasteiger partial charge in [0.2, 0.25) is 0 Å². The summed E-state index contributed by atoms with van der Waals surface area (Å²) in [7, 11) is 0. The van der Waals surface area contributed by atoms with Gasteiger partial charge in [0.1, 0.15) is 5.78 Å². The Hall–Kier alpha value is -0.710. The van der Waals surface area contributed by atoms with E-state index in [9.17, 15) is 4.79 Å². The van der Waals surface area contributed by atoms with E-state index in [-0.39, 0.29) is 11.9 Å². The van der Waals surface area contributed by atoms with Crippen LogP contribution in [0.2, 0.25) is 0 Å². The highest BCUT2D eigenvalue weighted by atomic mass is 32.1. The van der Waals surface area contributed by atoms with Crippen molar-refractivity contribution in [2.24, 2.45) is 0 Å². The summed E-state index contributed by atoms with van der Waals surface area (Å²) < 4.78 is 5.49. The van der Waals surface area contributed by atoms with Crippen LogP contribution in [0.1, 0.15) is 11.3 Å². The number of carbonyl (C=O) groups excluding carboxylic acids is 1. The molecule has 82 valence electrons. The number of carbonyl (C=O) groups is 1. The zero-order chi connectivity index (χ0) is 10.5. The predicted molar refractivity (Wildman–Crippen MR) is 60.3 cm³/mol. The van der Waals surface area contributed by atoms with E-state index in [1.54, 1.807) is 11.3 Å². The van der Waals surface area contributed by atoms with Crippen molar-refractivity contribution in [1.82, 2.24) is 5.32 Å². The minimum absolute atomic E-state index is 0.0752. The van der Waals surface area contributed by atoms with Crippen molar-refractivity contribution in [3.05, 3.63) is 22.4 Å². The maximum Gasteiger partial charge on any atom is 0.140 e. The second-order valence-corrected chi connectivity index (χ2v) is 4.73. The molecule has 1 atom stereocenters. The Balaban J connectivity index is 1.76. The van der Waals surface area contributed by atoms with E-state index < -0.39 is 0 Å². The van der Waals surface area contributed by atoms with Gasteiger partial charge in [-0.3, -0.25) is 4.79 Å². The standard InChI is InChI=1S/C11H15NO2S/c13-9(7-11-2-1-5-15-11)6-10-8-12-3-4-14-10/h1-2,5,10,12H,3-4,6-8H2. The number of morpholine rings is 1. The van der Waals surface area contributed by atoms with Gasteiger partial charge in [0.05, 0.1) is 12.7 Å². The van der Waals surface area contributed by atoms with E-state index in [4.69, 9.17) is 4.74 Å². The maximum absolute atomic E-state index is 11.7. The van der Waals surface area contributed by atoms with Gasteiger partial charge in [0, 0.05) is 30.8 Å². The molecule has 1 aliphatic heterocycles. The van der Waals surface area contributed by atoms with Gasteiger partial charge in [0.15, 0.2) is 0 Å². The van der Waals surface area contributed by atoms with Crippen LogP contribution in [0.25, 0.3) is 0 Å². The summed E-state index contributed by atoms with van der Waals surface area (Å²) in [6, 6.07) is 3.98. The number of thiophene rings is 1. The van der Waals surface area contributed by atoms with Crippen LogP contribution in [-0.4, -0.2) is 31.6 Å². The maximum atomic E-state index is 11.7. The average Bonchev–Trinajstić information content (AvgIpc) is 2.71. The first-order valence-corrected chi connectivity index (χ1v) is 6.09. The summed E-state index contributed by atoms with van der Waals surface area (Å²) in [5, 5.41) is 5.23. The monoisotopic (exact) mass is 225 g/mol. The number of hydrogen-bond donors (Lipinski definition) is 1. The lowest BCUT2D eigenvalue weighted by atomic mass is 10.1. The van der Waals surface area contributed by atoms with E-state index >= 15 is 0 Å². The smallest absolute Gasteiger partial charge is 0.140 e. The van der Waals surface area contributed by atoms with Gasteiger partial charge < -0.3 is 10.1 Å². The van der Waals surface area contributed by atoms with Crippen LogP contribution in [0.15, 0.2) is 17.5 Å². The van der Waals surface area contributed by atoms with Gasteiger partial charge in [0.25, 0.3) is 0 Å². The highest BCUT2D eigenvalue weighted by Gasteiger charge is 2.17. The molecule has 1 aromatic heterocycles. The Labute approximate surface area is 93.4 Å². The lowest BCUT2D eigenvalue weighted by Gasteiger charge is -2.22. The zero-order valence-electron chi connectivity index (χ0n) is 8.57. The van der Waals surface area contributed by atoms with E-state index in [1.165, 1.54) is 0 Å². The first-order chi connectivity index (χ1) is 7.34. The number of ether oxygens (including phenoxy) is 1. The molecule has 0 amide bonds. The third-order valence-corrected chi connectivity index (χ3v) is 3.29. The quantitative estimate of drug-likeness (QED) is 0.838. The van der Waals surface area contributed by atoms with Crippen molar-refractivity contribution in [2.45, 2.75) is 18.9 Å². The molecule has 0 aromatic carbocycles. The molecule has 4 heteroatoms. The fraction of sp³-hybridized carbons (Fsp3) is 0.545. The van der Waals surface area contributed by atoms with Gasteiger partial charge >= 0.3 is 0 Å². The van der Waals surface area contributed by atoms with Gasteiger partial charge in [-0.2, -0.15) is 0 Å². The summed E-state index contributed by atoms with van der Waals surface area (Å²) in [5.74, 6) is 0.270. The number of Topliss-reactive ketones (excluding diaryl/α,β-unsaturated/α-hetero) is 1. The van der Waals surface area contributed by atoms with E-state index in [0.29, 0.717) is 12.8 Å². The van der Waals surface area contributed by atoms with Crippen molar-refractivity contribution in [3.63, 3.8) is 0 Å². The Bertz CT molecular complexity index is 304. The number of ketones is 1. The molecule has 0 saturated carbocycles. The highest BCUT2D eigenvalue weighted by Crippen LogP contribution is 2.12. The van der Waals surface area contributed by atoms with Crippen molar-refractivity contribution in [1.29, 1.82) is 0 Å². The lowest BCUT2D eigenvalue weighted by Crippen LogP contribution is -2.39. The largest absolute Gasteiger partial charge is 0.375 e. The topological polar surface area (TPSA) is 38.3 Å². The fourth-order valence-electron chi connectivity index (χ4n) is 1.68.